The highest BCUT2D eigenvalue weighted by Crippen LogP contribution is 2.17. The van der Waals surface area contributed by atoms with Crippen LogP contribution in [-0.4, -0.2) is 31.4 Å². The Labute approximate surface area is 151 Å². The quantitative estimate of drug-likeness (QED) is 0.633. The molecule has 2 amide bonds. The Balaban J connectivity index is 1.65. The first-order valence-corrected chi connectivity index (χ1v) is 8.14. The third-order valence-corrected chi connectivity index (χ3v) is 3.56. The minimum atomic E-state index is -0.587. The summed E-state index contributed by atoms with van der Waals surface area (Å²) in [6, 6.07) is 14.9. The lowest BCUT2D eigenvalue weighted by atomic mass is 10.2. The molecule has 0 aliphatic carbocycles. The molecule has 0 radical (unpaired) electrons. The molecule has 0 aliphatic heterocycles. The topological polar surface area (TPSA) is 94.0 Å². The van der Waals surface area contributed by atoms with Crippen LogP contribution in [0.2, 0.25) is 0 Å². The fourth-order valence-corrected chi connectivity index (χ4v) is 2.25. The van der Waals surface area contributed by atoms with Crippen molar-refractivity contribution in [3.05, 3.63) is 65.5 Å². The molecule has 26 heavy (non-hydrogen) atoms. The highest BCUT2D eigenvalue weighted by Gasteiger charge is 2.08. The number of anilines is 1. The van der Waals surface area contributed by atoms with Gasteiger partial charge >= 0.3 is 0 Å². The predicted octanol–water partition coefficient (Wildman–Crippen LogP) is 2.05. The van der Waals surface area contributed by atoms with Gasteiger partial charge in [0.05, 0.1) is 5.69 Å². The first kappa shape index (κ1) is 18.9. The summed E-state index contributed by atoms with van der Waals surface area (Å²) >= 11 is 0. The van der Waals surface area contributed by atoms with Gasteiger partial charge in [0.2, 0.25) is 5.91 Å². The van der Waals surface area contributed by atoms with Crippen LogP contribution in [-0.2, 0) is 4.79 Å². The molecule has 0 aliphatic rings. The third-order valence-electron chi connectivity index (χ3n) is 3.56. The van der Waals surface area contributed by atoms with Crippen molar-refractivity contribution in [1.82, 2.24) is 10.6 Å². The highest BCUT2D eigenvalue weighted by atomic mass is 19.1. The molecular weight excluding hydrogens is 335 g/mol. The maximum Gasteiger partial charge on any atom is 0.251 e. The predicted molar refractivity (Wildman–Crippen MR) is 96.0 cm³/mol. The van der Waals surface area contributed by atoms with Crippen LogP contribution in [0.4, 0.5) is 10.1 Å². The lowest BCUT2D eigenvalue weighted by molar-refractivity contribution is -0.120. The van der Waals surface area contributed by atoms with Crippen molar-refractivity contribution in [3.63, 3.8) is 0 Å². The number of amides is 2. The number of carbonyl (C=O) groups excluding carboxylic acids is 2. The van der Waals surface area contributed by atoms with Gasteiger partial charge in [-0.15, -0.1) is 0 Å². The summed E-state index contributed by atoms with van der Waals surface area (Å²) in [6.45, 7) is 0.891. The fourth-order valence-electron chi connectivity index (χ4n) is 2.25. The number of nitrogens with zero attached hydrogens (tertiary/aromatic N) is 1. The molecule has 0 aromatic heterocycles. The van der Waals surface area contributed by atoms with Gasteiger partial charge in [-0.1, -0.05) is 24.3 Å². The van der Waals surface area contributed by atoms with Crippen LogP contribution in [0, 0.1) is 17.1 Å². The molecule has 0 spiro atoms. The van der Waals surface area contributed by atoms with Gasteiger partial charge in [-0.3, -0.25) is 9.59 Å². The number of benzene rings is 2. The normalized spacial score (nSPS) is 9.85. The Hall–Kier alpha value is -3.40. The first-order valence-electron chi connectivity index (χ1n) is 8.14. The van der Waals surface area contributed by atoms with Crippen molar-refractivity contribution < 1.29 is 14.0 Å². The molecule has 2 aromatic carbocycles. The average molecular weight is 354 g/mol. The maximum atomic E-state index is 13.4. The van der Waals surface area contributed by atoms with Gasteiger partial charge in [-0.25, -0.2) is 4.39 Å². The molecule has 134 valence electrons. The van der Waals surface area contributed by atoms with Crippen LogP contribution in [0.25, 0.3) is 0 Å². The van der Waals surface area contributed by atoms with Crippen molar-refractivity contribution in [2.75, 3.05) is 25.0 Å². The van der Waals surface area contributed by atoms with E-state index in [1.165, 1.54) is 12.1 Å². The summed E-state index contributed by atoms with van der Waals surface area (Å²) < 4.78 is 13.4. The number of hydrogen-bond acceptors (Lipinski definition) is 4. The number of nitriles is 1. The summed E-state index contributed by atoms with van der Waals surface area (Å²) in [5, 5.41) is 17.2. The molecule has 2 aromatic rings. The molecule has 0 heterocycles. The number of nitrogens with one attached hydrogen (secondary N) is 3. The van der Waals surface area contributed by atoms with E-state index < -0.39 is 5.82 Å². The SMILES string of the molecule is N#Cc1c(F)cccc1NCCNC(=O)CCNC(=O)c1ccccc1. The smallest absolute Gasteiger partial charge is 0.251 e. The van der Waals surface area contributed by atoms with Crippen LogP contribution >= 0.6 is 0 Å². The Morgan fingerprint density at radius 2 is 1.73 bits per heavy atom. The van der Waals surface area contributed by atoms with E-state index in [0.29, 0.717) is 24.3 Å². The monoisotopic (exact) mass is 354 g/mol. The van der Waals surface area contributed by atoms with Crippen molar-refractivity contribution in [2.45, 2.75) is 6.42 Å². The van der Waals surface area contributed by atoms with Crippen LogP contribution in [0.15, 0.2) is 48.5 Å². The van der Waals surface area contributed by atoms with E-state index in [1.807, 2.05) is 6.07 Å². The van der Waals surface area contributed by atoms with Gasteiger partial charge < -0.3 is 16.0 Å². The standard InChI is InChI=1S/C19H19FN4O2/c20-16-7-4-8-17(15(16)13-21)22-11-12-23-18(25)9-10-24-19(26)14-5-2-1-3-6-14/h1-8,22H,9-12H2,(H,23,25)(H,24,26). The first-order chi connectivity index (χ1) is 12.6. The van der Waals surface area contributed by atoms with Gasteiger partial charge in [0.15, 0.2) is 0 Å². The number of carbonyl (C=O) groups is 2. The maximum absolute atomic E-state index is 13.4. The summed E-state index contributed by atoms with van der Waals surface area (Å²) in [5.41, 5.74) is 0.875. The van der Waals surface area contributed by atoms with Crippen LogP contribution in [0.5, 0.6) is 0 Å². The molecular formula is C19H19FN4O2. The van der Waals surface area contributed by atoms with Gasteiger partial charge in [-0.05, 0) is 24.3 Å². The van der Waals surface area contributed by atoms with Gasteiger partial charge in [0.25, 0.3) is 5.91 Å². The van der Waals surface area contributed by atoms with Gasteiger partial charge in [0.1, 0.15) is 17.4 Å². The summed E-state index contributed by atoms with van der Waals surface area (Å²) in [4.78, 5) is 23.6. The second-order valence-electron chi connectivity index (χ2n) is 5.42. The highest BCUT2D eigenvalue weighted by molar-refractivity contribution is 5.94. The molecule has 3 N–H and O–H groups in total. The molecule has 2 rings (SSSR count). The van der Waals surface area contributed by atoms with Gasteiger partial charge in [-0.2, -0.15) is 5.26 Å². The Bertz CT molecular complexity index is 803. The molecule has 0 unspecified atom stereocenters. The Morgan fingerprint density at radius 3 is 2.46 bits per heavy atom. The van der Waals surface area contributed by atoms with E-state index in [-0.39, 0.29) is 30.3 Å². The van der Waals surface area contributed by atoms with E-state index in [9.17, 15) is 14.0 Å². The van der Waals surface area contributed by atoms with E-state index in [1.54, 1.807) is 36.4 Å². The zero-order chi connectivity index (χ0) is 18.8. The molecule has 0 saturated heterocycles. The van der Waals surface area contributed by atoms with Crippen LogP contribution in [0.3, 0.4) is 0 Å². The minimum absolute atomic E-state index is 0.0533. The Kier molecular flexibility index (Phi) is 7.13. The molecule has 0 saturated carbocycles. The van der Waals surface area contributed by atoms with Crippen LogP contribution in [0.1, 0.15) is 22.3 Å². The van der Waals surface area contributed by atoms with Crippen molar-refractivity contribution >= 4 is 17.5 Å². The molecule has 7 heteroatoms. The molecule has 0 fully saturated rings. The minimum Gasteiger partial charge on any atom is -0.382 e. The molecule has 0 bridgehead atoms. The summed E-state index contributed by atoms with van der Waals surface area (Å²) in [5.74, 6) is -1.02. The Morgan fingerprint density at radius 1 is 0.962 bits per heavy atom. The number of halogens is 1. The second kappa shape index (κ2) is 9.79. The lowest BCUT2D eigenvalue weighted by Crippen LogP contribution is -2.33. The average Bonchev–Trinajstić information content (AvgIpc) is 2.66. The van der Waals surface area contributed by atoms with Crippen molar-refractivity contribution in [2.24, 2.45) is 0 Å². The second-order valence-corrected chi connectivity index (χ2v) is 5.42. The lowest BCUT2D eigenvalue weighted by Gasteiger charge is -2.10. The summed E-state index contributed by atoms with van der Waals surface area (Å²) in [7, 11) is 0. The van der Waals surface area contributed by atoms with Crippen LogP contribution < -0.4 is 16.0 Å². The fraction of sp³-hybridized carbons (Fsp3) is 0.211. The molecule has 6 nitrogen and oxygen atoms in total. The third kappa shape index (κ3) is 5.60. The zero-order valence-electron chi connectivity index (χ0n) is 14.1. The van der Waals surface area contributed by atoms with Crippen molar-refractivity contribution in [1.29, 1.82) is 5.26 Å². The van der Waals surface area contributed by atoms with E-state index >= 15 is 0 Å². The zero-order valence-corrected chi connectivity index (χ0v) is 14.1. The van der Waals surface area contributed by atoms with Gasteiger partial charge in [0, 0.05) is 31.6 Å². The summed E-state index contributed by atoms with van der Waals surface area (Å²) in [6.07, 6.45) is 0.155. The van der Waals surface area contributed by atoms with E-state index in [2.05, 4.69) is 16.0 Å². The number of rotatable bonds is 8. The largest absolute Gasteiger partial charge is 0.382 e. The van der Waals surface area contributed by atoms with E-state index in [4.69, 9.17) is 5.26 Å². The van der Waals surface area contributed by atoms with Crippen molar-refractivity contribution in [3.8, 4) is 6.07 Å². The molecule has 0 atom stereocenters. The van der Waals surface area contributed by atoms with E-state index in [0.717, 1.165) is 0 Å². The number of hydrogen-bond donors (Lipinski definition) is 3.